The summed E-state index contributed by atoms with van der Waals surface area (Å²) in [5.74, 6) is 1.23. The van der Waals surface area contributed by atoms with E-state index < -0.39 is 0 Å². The van der Waals surface area contributed by atoms with Crippen LogP contribution in [0.5, 0.6) is 0 Å². The number of nitrogens with zero attached hydrogens (tertiary/aromatic N) is 2. The molecule has 2 N–H and O–H groups in total. The maximum absolute atomic E-state index is 11.8. The molecule has 22 heavy (non-hydrogen) atoms. The third-order valence-electron chi connectivity index (χ3n) is 4.72. The van der Waals surface area contributed by atoms with E-state index in [2.05, 4.69) is 18.8 Å². The molecule has 5 nitrogen and oxygen atoms in total. The number of ether oxygens (including phenoxy) is 1. The number of nitrogens with two attached hydrogens (primary N) is 1. The van der Waals surface area contributed by atoms with E-state index in [9.17, 15) is 4.79 Å². The van der Waals surface area contributed by atoms with Gasteiger partial charge in [0.15, 0.2) is 0 Å². The van der Waals surface area contributed by atoms with Crippen LogP contribution in [0.25, 0.3) is 0 Å². The summed E-state index contributed by atoms with van der Waals surface area (Å²) >= 11 is 0. The highest BCUT2D eigenvalue weighted by Gasteiger charge is 2.38. The van der Waals surface area contributed by atoms with Gasteiger partial charge in [0.25, 0.3) is 0 Å². The highest BCUT2D eigenvalue weighted by Crippen LogP contribution is 2.42. The van der Waals surface area contributed by atoms with E-state index in [0.717, 1.165) is 18.5 Å². The number of methoxy groups -OCH3 is 1. The second-order valence-corrected chi connectivity index (χ2v) is 6.20. The molecule has 124 valence electrons. The van der Waals surface area contributed by atoms with E-state index in [1.807, 2.05) is 13.1 Å². The predicted molar refractivity (Wildman–Crippen MR) is 89.6 cm³/mol. The van der Waals surface area contributed by atoms with Crippen LogP contribution >= 0.6 is 0 Å². The summed E-state index contributed by atoms with van der Waals surface area (Å²) in [6.45, 7) is 4.40. The van der Waals surface area contributed by atoms with Gasteiger partial charge in [-0.05, 0) is 42.2 Å². The first-order valence-corrected chi connectivity index (χ1v) is 7.45. The standard InChI is InChI=1S/C16H25N3O2.CH4/c1-10-7-12(13-5-6-18-9-14(13)17)8-11(2)15(10)19(3)16(20)21-4;/h5-6,9-12,15H,7-8,17H2,1-4H3;1H4/t10-,11+,12?,15?;. The summed E-state index contributed by atoms with van der Waals surface area (Å²) in [5.41, 5.74) is 8.01. The van der Waals surface area contributed by atoms with Crippen molar-refractivity contribution in [3.63, 3.8) is 0 Å². The average Bonchev–Trinajstić information content (AvgIpc) is 2.45. The first-order valence-electron chi connectivity index (χ1n) is 7.45. The van der Waals surface area contributed by atoms with Crippen LogP contribution in [0.4, 0.5) is 10.5 Å². The molecule has 0 aliphatic heterocycles. The van der Waals surface area contributed by atoms with E-state index in [1.165, 1.54) is 12.7 Å². The van der Waals surface area contributed by atoms with Gasteiger partial charge in [-0.25, -0.2) is 4.79 Å². The van der Waals surface area contributed by atoms with E-state index >= 15 is 0 Å². The van der Waals surface area contributed by atoms with Gasteiger partial charge in [-0.1, -0.05) is 21.3 Å². The first-order chi connectivity index (χ1) is 9.95. The molecule has 1 saturated carbocycles. The maximum atomic E-state index is 11.8. The van der Waals surface area contributed by atoms with Crippen molar-refractivity contribution in [3.05, 3.63) is 24.0 Å². The minimum absolute atomic E-state index is 0. The number of hydrogen-bond donors (Lipinski definition) is 1. The van der Waals surface area contributed by atoms with Crippen LogP contribution in [0.2, 0.25) is 0 Å². The van der Waals surface area contributed by atoms with Gasteiger partial charge in [0.1, 0.15) is 0 Å². The Kier molecular flexibility index (Phi) is 6.21. The first kappa shape index (κ1) is 18.3. The van der Waals surface area contributed by atoms with Gasteiger partial charge >= 0.3 is 6.09 Å². The second kappa shape index (κ2) is 7.47. The lowest BCUT2D eigenvalue weighted by Crippen LogP contribution is -2.48. The lowest BCUT2D eigenvalue weighted by Gasteiger charge is -2.43. The molecule has 0 aromatic carbocycles. The molecule has 5 heteroatoms. The van der Waals surface area contributed by atoms with Gasteiger partial charge in [0.05, 0.1) is 19.0 Å². The van der Waals surface area contributed by atoms with Crippen LogP contribution in [0.15, 0.2) is 18.5 Å². The van der Waals surface area contributed by atoms with Crippen molar-refractivity contribution in [1.82, 2.24) is 9.88 Å². The van der Waals surface area contributed by atoms with Crippen LogP contribution in [-0.4, -0.2) is 36.2 Å². The van der Waals surface area contributed by atoms with E-state index in [4.69, 9.17) is 10.5 Å². The highest BCUT2D eigenvalue weighted by atomic mass is 16.5. The van der Waals surface area contributed by atoms with Gasteiger partial charge in [-0.2, -0.15) is 0 Å². The van der Waals surface area contributed by atoms with Crippen molar-refractivity contribution < 1.29 is 9.53 Å². The Morgan fingerprint density at radius 1 is 1.36 bits per heavy atom. The molecule has 1 aliphatic rings. The Hall–Kier alpha value is -1.78. The number of anilines is 1. The quantitative estimate of drug-likeness (QED) is 0.907. The zero-order valence-electron chi connectivity index (χ0n) is 13.2. The molecule has 2 rings (SSSR count). The van der Waals surface area contributed by atoms with Crippen molar-refractivity contribution in [1.29, 1.82) is 0 Å². The van der Waals surface area contributed by atoms with Crippen LogP contribution in [-0.2, 0) is 4.74 Å². The van der Waals surface area contributed by atoms with E-state index in [-0.39, 0.29) is 19.6 Å². The zero-order valence-corrected chi connectivity index (χ0v) is 13.2. The summed E-state index contributed by atoms with van der Waals surface area (Å²) in [4.78, 5) is 17.6. The summed E-state index contributed by atoms with van der Waals surface area (Å²) < 4.78 is 4.85. The Morgan fingerprint density at radius 3 is 2.45 bits per heavy atom. The summed E-state index contributed by atoms with van der Waals surface area (Å²) in [7, 11) is 3.25. The SMILES string of the molecule is C.COC(=O)N(C)C1[C@H](C)CC(c2ccncc2N)C[C@@H]1C. The van der Waals surface area contributed by atoms with Crippen LogP contribution < -0.4 is 5.73 Å². The highest BCUT2D eigenvalue weighted by molar-refractivity contribution is 5.67. The molecule has 2 unspecified atom stereocenters. The topological polar surface area (TPSA) is 68.5 Å². The van der Waals surface area contributed by atoms with E-state index in [0.29, 0.717) is 17.8 Å². The number of amides is 1. The van der Waals surface area contributed by atoms with Crippen molar-refractivity contribution in [2.75, 3.05) is 19.9 Å². The van der Waals surface area contributed by atoms with E-state index in [1.54, 1.807) is 17.3 Å². The maximum Gasteiger partial charge on any atom is 0.409 e. The molecule has 0 saturated heterocycles. The minimum atomic E-state index is -0.263. The Labute approximate surface area is 133 Å². The number of rotatable bonds is 2. The third-order valence-corrected chi connectivity index (χ3v) is 4.72. The fourth-order valence-corrected chi connectivity index (χ4v) is 3.91. The van der Waals surface area contributed by atoms with Gasteiger partial charge in [-0.15, -0.1) is 0 Å². The van der Waals surface area contributed by atoms with Gasteiger partial charge in [0.2, 0.25) is 0 Å². The smallest absolute Gasteiger partial charge is 0.409 e. The minimum Gasteiger partial charge on any atom is -0.453 e. The van der Waals surface area contributed by atoms with Crippen molar-refractivity contribution in [2.24, 2.45) is 11.8 Å². The second-order valence-electron chi connectivity index (χ2n) is 6.20. The zero-order chi connectivity index (χ0) is 15.6. The largest absolute Gasteiger partial charge is 0.453 e. The third kappa shape index (κ3) is 3.51. The van der Waals surface area contributed by atoms with Gasteiger partial charge in [0, 0.05) is 19.3 Å². The fourth-order valence-electron chi connectivity index (χ4n) is 3.91. The Morgan fingerprint density at radius 2 is 1.95 bits per heavy atom. The molecule has 1 aromatic rings. The molecule has 1 amide bonds. The molecule has 1 aliphatic carbocycles. The summed E-state index contributed by atoms with van der Waals surface area (Å²) in [6.07, 6.45) is 5.29. The Bertz CT molecular complexity index is 494. The molecule has 1 fully saturated rings. The lowest BCUT2D eigenvalue weighted by atomic mass is 9.70. The molecule has 0 bridgehead atoms. The number of aromatic nitrogens is 1. The fraction of sp³-hybridized carbons (Fsp3) is 0.647. The van der Waals surface area contributed by atoms with Crippen molar-refractivity contribution in [3.8, 4) is 0 Å². The number of carbonyl (C=O) groups excluding carboxylic acids is 1. The Balaban J connectivity index is 0.00000242. The molecular formula is C17H29N3O2. The monoisotopic (exact) mass is 307 g/mol. The lowest BCUT2D eigenvalue weighted by molar-refractivity contribution is 0.0623. The van der Waals surface area contributed by atoms with Crippen molar-refractivity contribution in [2.45, 2.75) is 46.1 Å². The normalized spacial score (nSPS) is 27.6. The van der Waals surface area contributed by atoms with Gasteiger partial charge in [-0.3, -0.25) is 4.98 Å². The molecule has 4 atom stereocenters. The number of carbonyl (C=O) groups is 1. The average molecular weight is 307 g/mol. The van der Waals surface area contributed by atoms with Gasteiger partial charge < -0.3 is 15.4 Å². The molecule has 0 spiro atoms. The number of pyridine rings is 1. The molecule has 1 heterocycles. The summed E-state index contributed by atoms with van der Waals surface area (Å²) in [5, 5.41) is 0. The number of nitrogen functional groups attached to an aromatic ring is 1. The van der Waals surface area contributed by atoms with Crippen LogP contribution in [0, 0.1) is 11.8 Å². The number of hydrogen-bond acceptors (Lipinski definition) is 4. The molecule has 0 radical (unpaired) electrons. The van der Waals surface area contributed by atoms with Crippen molar-refractivity contribution >= 4 is 11.8 Å². The molecular weight excluding hydrogens is 278 g/mol. The van der Waals surface area contributed by atoms with Crippen LogP contribution in [0.3, 0.4) is 0 Å². The predicted octanol–water partition coefficient (Wildman–Crippen LogP) is 3.52. The summed E-state index contributed by atoms with van der Waals surface area (Å²) in [6, 6.07) is 2.22. The molecule has 1 aromatic heterocycles. The van der Waals surface area contributed by atoms with Crippen LogP contribution in [0.1, 0.15) is 45.6 Å².